The van der Waals surface area contributed by atoms with Gasteiger partial charge in [0.15, 0.2) is 0 Å². The molecule has 2 N–H and O–H groups in total. The molecule has 0 radical (unpaired) electrons. The molecule has 0 saturated heterocycles. The number of hydrogen-bond acceptors (Lipinski definition) is 2. The van der Waals surface area contributed by atoms with Crippen molar-refractivity contribution in [1.82, 2.24) is 3.53 Å². The summed E-state index contributed by atoms with van der Waals surface area (Å²) in [7, 11) is 0. The van der Waals surface area contributed by atoms with E-state index < -0.39 is 0 Å². The van der Waals surface area contributed by atoms with Crippen LogP contribution in [-0.2, 0) is 0 Å². The van der Waals surface area contributed by atoms with Crippen molar-refractivity contribution < 1.29 is 5.11 Å². The zero-order chi connectivity index (χ0) is 6.69. The molecule has 0 aromatic heterocycles. The Bertz CT molecular complexity index is 81.1. The van der Waals surface area contributed by atoms with E-state index in [1.165, 1.54) is 0 Å². The Morgan fingerprint density at radius 1 is 1.22 bits per heavy atom. The van der Waals surface area contributed by atoms with Gasteiger partial charge in [0.1, 0.15) is 0 Å². The van der Waals surface area contributed by atoms with Gasteiger partial charge >= 0.3 is 0 Å². The summed E-state index contributed by atoms with van der Waals surface area (Å²) >= 11 is 2.18. The second-order valence-electron chi connectivity index (χ2n) is 2.61. The second kappa shape index (κ2) is 3.73. The maximum Gasteiger partial charge on any atom is 0.0541 e. The van der Waals surface area contributed by atoms with Crippen molar-refractivity contribution >= 4 is 22.9 Å². The Labute approximate surface area is 69.5 Å². The Morgan fingerprint density at radius 2 is 1.78 bits per heavy atom. The van der Waals surface area contributed by atoms with Crippen molar-refractivity contribution in [3.05, 3.63) is 0 Å². The van der Waals surface area contributed by atoms with Crippen molar-refractivity contribution in [1.29, 1.82) is 0 Å². The molecule has 1 aliphatic carbocycles. The van der Waals surface area contributed by atoms with Gasteiger partial charge in [-0.2, -0.15) is 0 Å². The lowest BCUT2D eigenvalue weighted by Crippen LogP contribution is -2.28. The Morgan fingerprint density at radius 3 is 2.22 bits per heavy atom. The number of aliphatic hydroxyl groups is 1. The van der Waals surface area contributed by atoms with E-state index in [1.807, 2.05) is 0 Å². The molecule has 0 aliphatic heterocycles. The molecule has 0 unspecified atom stereocenters. The zero-order valence-electron chi connectivity index (χ0n) is 5.31. The molecule has 3 heteroatoms. The quantitative estimate of drug-likeness (QED) is 0.534. The Hall–Kier alpha value is 0.650. The molecular weight excluding hydrogens is 229 g/mol. The van der Waals surface area contributed by atoms with Gasteiger partial charge in [0, 0.05) is 28.9 Å². The number of halogens is 1. The Kier molecular flexibility index (Phi) is 3.21. The standard InChI is InChI=1S/C6H12INO/c7-8-5-1-3-6(9)4-2-5/h5-6,8-9H,1-4H2. The molecule has 0 aromatic carbocycles. The van der Waals surface area contributed by atoms with Gasteiger partial charge in [-0.15, -0.1) is 0 Å². The van der Waals surface area contributed by atoms with E-state index in [9.17, 15) is 0 Å². The summed E-state index contributed by atoms with van der Waals surface area (Å²) < 4.78 is 3.18. The van der Waals surface area contributed by atoms with Crippen molar-refractivity contribution in [2.75, 3.05) is 0 Å². The molecule has 0 aromatic rings. The molecule has 54 valence electrons. The third-order valence-corrected chi connectivity index (χ3v) is 2.73. The van der Waals surface area contributed by atoms with Gasteiger partial charge in [0.25, 0.3) is 0 Å². The molecule has 0 atom stereocenters. The highest BCUT2D eigenvalue weighted by Gasteiger charge is 2.17. The van der Waals surface area contributed by atoms with Crippen LogP contribution in [0.2, 0.25) is 0 Å². The lowest BCUT2D eigenvalue weighted by Gasteiger charge is -2.23. The number of aliphatic hydroxyl groups excluding tert-OH is 1. The molecule has 1 aliphatic rings. The summed E-state index contributed by atoms with van der Waals surface area (Å²) in [6, 6.07) is 0.647. The fourth-order valence-corrected chi connectivity index (χ4v) is 1.81. The van der Waals surface area contributed by atoms with E-state index in [0.717, 1.165) is 25.7 Å². The minimum atomic E-state index is -0.0222. The predicted octanol–water partition coefficient (Wildman–Crippen LogP) is 1.23. The van der Waals surface area contributed by atoms with Crippen LogP contribution >= 0.6 is 22.9 Å². The predicted molar refractivity (Wildman–Crippen MR) is 45.4 cm³/mol. The largest absolute Gasteiger partial charge is 0.393 e. The molecule has 1 saturated carbocycles. The third kappa shape index (κ3) is 2.39. The van der Waals surface area contributed by atoms with E-state index in [-0.39, 0.29) is 6.10 Å². The molecule has 2 nitrogen and oxygen atoms in total. The third-order valence-electron chi connectivity index (χ3n) is 1.85. The van der Waals surface area contributed by atoms with Crippen LogP contribution in [0.15, 0.2) is 0 Å². The summed E-state index contributed by atoms with van der Waals surface area (Å²) in [4.78, 5) is 0. The van der Waals surface area contributed by atoms with E-state index in [4.69, 9.17) is 5.11 Å². The zero-order valence-corrected chi connectivity index (χ0v) is 7.47. The van der Waals surface area contributed by atoms with Crippen molar-refractivity contribution in [3.8, 4) is 0 Å². The molecule has 0 spiro atoms. The van der Waals surface area contributed by atoms with E-state index in [1.54, 1.807) is 0 Å². The van der Waals surface area contributed by atoms with Crippen LogP contribution in [-0.4, -0.2) is 17.3 Å². The number of hydrogen-bond donors (Lipinski definition) is 2. The van der Waals surface area contributed by atoms with Gasteiger partial charge in [0.2, 0.25) is 0 Å². The first-order chi connectivity index (χ1) is 4.33. The molecule has 1 fully saturated rings. The first-order valence-electron chi connectivity index (χ1n) is 3.37. The van der Waals surface area contributed by atoms with Gasteiger partial charge in [-0.05, 0) is 25.7 Å². The van der Waals surface area contributed by atoms with Gasteiger partial charge in [-0.1, -0.05) is 0 Å². The van der Waals surface area contributed by atoms with Crippen LogP contribution in [0.4, 0.5) is 0 Å². The average molecular weight is 241 g/mol. The molecule has 0 amide bonds. The van der Waals surface area contributed by atoms with Crippen molar-refractivity contribution in [3.63, 3.8) is 0 Å². The minimum Gasteiger partial charge on any atom is -0.393 e. The van der Waals surface area contributed by atoms with Crippen molar-refractivity contribution in [2.45, 2.75) is 37.8 Å². The Balaban J connectivity index is 2.18. The normalized spacial score (nSPS) is 36.7. The molecule has 0 heterocycles. The highest BCUT2D eigenvalue weighted by atomic mass is 127. The summed E-state index contributed by atoms with van der Waals surface area (Å²) in [6.45, 7) is 0. The van der Waals surface area contributed by atoms with E-state index in [0.29, 0.717) is 6.04 Å². The summed E-state index contributed by atoms with van der Waals surface area (Å²) in [6.07, 6.45) is 4.18. The topological polar surface area (TPSA) is 32.3 Å². The molecular formula is C6H12INO. The van der Waals surface area contributed by atoms with Crippen LogP contribution in [0, 0.1) is 0 Å². The SMILES string of the molecule is OC1CCC(NI)CC1. The fraction of sp³-hybridized carbons (Fsp3) is 1.00. The molecule has 0 bridgehead atoms. The van der Waals surface area contributed by atoms with Crippen molar-refractivity contribution in [2.24, 2.45) is 0 Å². The molecule has 1 rings (SSSR count). The minimum absolute atomic E-state index is 0.0222. The fourth-order valence-electron chi connectivity index (χ4n) is 1.18. The highest BCUT2D eigenvalue weighted by Crippen LogP contribution is 2.18. The smallest absolute Gasteiger partial charge is 0.0541 e. The van der Waals surface area contributed by atoms with E-state index in [2.05, 4.69) is 26.4 Å². The maximum absolute atomic E-state index is 9.09. The highest BCUT2D eigenvalue weighted by molar-refractivity contribution is 14.1. The van der Waals surface area contributed by atoms with Gasteiger partial charge in [-0.3, -0.25) is 3.53 Å². The maximum atomic E-state index is 9.09. The summed E-state index contributed by atoms with van der Waals surface area (Å²) in [5.74, 6) is 0. The summed E-state index contributed by atoms with van der Waals surface area (Å²) in [5.41, 5.74) is 0. The van der Waals surface area contributed by atoms with Gasteiger partial charge in [-0.25, -0.2) is 0 Å². The number of nitrogens with one attached hydrogen (secondary N) is 1. The lowest BCUT2D eigenvalue weighted by molar-refractivity contribution is 0.122. The van der Waals surface area contributed by atoms with Crippen LogP contribution < -0.4 is 3.53 Å². The van der Waals surface area contributed by atoms with Gasteiger partial charge < -0.3 is 5.11 Å². The number of rotatable bonds is 1. The first kappa shape index (κ1) is 7.75. The lowest BCUT2D eigenvalue weighted by atomic mass is 9.94. The monoisotopic (exact) mass is 241 g/mol. The van der Waals surface area contributed by atoms with Crippen LogP contribution in [0.5, 0.6) is 0 Å². The van der Waals surface area contributed by atoms with Gasteiger partial charge in [0.05, 0.1) is 6.10 Å². The van der Waals surface area contributed by atoms with Crippen LogP contribution in [0.1, 0.15) is 25.7 Å². The van der Waals surface area contributed by atoms with E-state index >= 15 is 0 Å². The molecule has 9 heavy (non-hydrogen) atoms. The van der Waals surface area contributed by atoms with Crippen LogP contribution in [0.25, 0.3) is 0 Å². The average Bonchev–Trinajstić information content (AvgIpc) is 1.90. The van der Waals surface area contributed by atoms with Crippen LogP contribution in [0.3, 0.4) is 0 Å². The first-order valence-corrected chi connectivity index (χ1v) is 4.45. The summed E-state index contributed by atoms with van der Waals surface area (Å²) in [5, 5.41) is 9.09. The second-order valence-corrected chi connectivity index (χ2v) is 3.24.